The number of esters is 1. The molecule has 2 bridgehead atoms. The summed E-state index contributed by atoms with van der Waals surface area (Å²) in [5, 5.41) is 3.24. The molecular formula is C20H22BrFN4O2. The van der Waals surface area contributed by atoms with Gasteiger partial charge in [-0.3, -0.25) is 9.78 Å². The highest BCUT2D eigenvalue weighted by Crippen LogP contribution is 2.47. The molecule has 0 aromatic carbocycles. The van der Waals surface area contributed by atoms with E-state index in [1.165, 1.54) is 0 Å². The van der Waals surface area contributed by atoms with E-state index in [1.54, 1.807) is 24.4 Å². The van der Waals surface area contributed by atoms with E-state index in [4.69, 9.17) is 4.74 Å². The van der Waals surface area contributed by atoms with Gasteiger partial charge in [0.2, 0.25) is 0 Å². The minimum Gasteiger partial charge on any atom is -0.466 e. The van der Waals surface area contributed by atoms with Gasteiger partial charge in [0.25, 0.3) is 0 Å². The number of carbonyl (C=O) groups is 1. The van der Waals surface area contributed by atoms with E-state index in [-0.39, 0.29) is 40.1 Å². The third-order valence-electron chi connectivity index (χ3n) is 5.81. The highest BCUT2D eigenvalue weighted by atomic mass is 79.9. The van der Waals surface area contributed by atoms with Crippen molar-refractivity contribution >= 4 is 27.7 Å². The van der Waals surface area contributed by atoms with Gasteiger partial charge >= 0.3 is 5.97 Å². The average molecular weight is 449 g/mol. The number of fused-ring (bicyclic) bond motifs is 3. The summed E-state index contributed by atoms with van der Waals surface area (Å²) in [7, 11) is 0. The molecule has 3 aliphatic rings. The third kappa shape index (κ3) is 3.62. The van der Waals surface area contributed by atoms with E-state index in [0.717, 1.165) is 25.7 Å². The molecule has 0 spiro atoms. The Labute approximate surface area is 171 Å². The smallest absolute Gasteiger partial charge is 0.311 e. The van der Waals surface area contributed by atoms with Gasteiger partial charge in [-0.1, -0.05) is 6.07 Å². The Morgan fingerprint density at radius 2 is 2.00 bits per heavy atom. The van der Waals surface area contributed by atoms with Crippen molar-refractivity contribution in [3.63, 3.8) is 0 Å². The number of nitrogens with zero attached hydrogens (tertiary/aromatic N) is 3. The molecular weight excluding hydrogens is 427 g/mol. The highest BCUT2D eigenvalue weighted by molar-refractivity contribution is 9.10. The Morgan fingerprint density at radius 3 is 2.68 bits per heavy atom. The molecule has 2 atom stereocenters. The molecule has 0 saturated heterocycles. The molecule has 2 heterocycles. The molecule has 0 radical (unpaired) electrons. The lowest BCUT2D eigenvalue weighted by molar-refractivity contribution is -0.154. The first kappa shape index (κ1) is 19.2. The lowest BCUT2D eigenvalue weighted by Crippen LogP contribution is -2.52. The zero-order valence-corrected chi connectivity index (χ0v) is 17.2. The van der Waals surface area contributed by atoms with Gasteiger partial charge in [0.1, 0.15) is 5.69 Å². The van der Waals surface area contributed by atoms with E-state index in [1.807, 2.05) is 6.92 Å². The minimum absolute atomic E-state index is 0.0920. The molecule has 0 amide bonds. The molecule has 6 nitrogen and oxygen atoms in total. The van der Waals surface area contributed by atoms with Gasteiger partial charge in [-0.05, 0) is 72.5 Å². The van der Waals surface area contributed by atoms with E-state index >= 15 is 4.39 Å². The Bertz CT molecular complexity index is 859. The first-order chi connectivity index (χ1) is 13.6. The van der Waals surface area contributed by atoms with Crippen molar-refractivity contribution in [1.82, 2.24) is 15.0 Å². The summed E-state index contributed by atoms with van der Waals surface area (Å²) < 4.78 is 20.8. The van der Waals surface area contributed by atoms with E-state index in [2.05, 4.69) is 36.2 Å². The van der Waals surface area contributed by atoms with Crippen LogP contribution in [0, 0.1) is 23.6 Å². The van der Waals surface area contributed by atoms with Crippen LogP contribution < -0.4 is 5.32 Å². The number of pyridine rings is 1. The maximum Gasteiger partial charge on any atom is 0.311 e. The highest BCUT2D eigenvalue weighted by Gasteiger charge is 2.48. The molecule has 2 aromatic heterocycles. The predicted octanol–water partition coefficient (Wildman–Crippen LogP) is 4.22. The van der Waals surface area contributed by atoms with Gasteiger partial charge < -0.3 is 10.1 Å². The summed E-state index contributed by atoms with van der Waals surface area (Å²) in [6, 6.07) is 5.05. The van der Waals surface area contributed by atoms with E-state index < -0.39 is 5.82 Å². The summed E-state index contributed by atoms with van der Waals surface area (Å²) >= 11 is 3.27. The van der Waals surface area contributed by atoms with Gasteiger partial charge in [-0.15, -0.1) is 0 Å². The fourth-order valence-electron chi connectivity index (χ4n) is 4.58. The number of aromatic nitrogens is 3. The Morgan fingerprint density at radius 1 is 1.25 bits per heavy atom. The van der Waals surface area contributed by atoms with Crippen molar-refractivity contribution in [2.24, 2.45) is 17.8 Å². The van der Waals surface area contributed by atoms with Crippen LogP contribution in [-0.4, -0.2) is 33.6 Å². The van der Waals surface area contributed by atoms with Crippen LogP contribution in [0.25, 0.3) is 11.4 Å². The molecule has 3 saturated carbocycles. The summed E-state index contributed by atoms with van der Waals surface area (Å²) in [6.07, 6.45) is 5.68. The predicted molar refractivity (Wildman–Crippen MR) is 106 cm³/mol. The maximum atomic E-state index is 15.2. The van der Waals surface area contributed by atoms with Gasteiger partial charge in [0.15, 0.2) is 16.4 Å². The normalized spacial score (nSPS) is 26.1. The lowest BCUT2D eigenvalue weighted by Gasteiger charge is -2.47. The van der Waals surface area contributed by atoms with Crippen LogP contribution in [0.2, 0.25) is 0 Å². The molecule has 3 aliphatic carbocycles. The Balaban J connectivity index is 1.68. The maximum absolute atomic E-state index is 15.2. The molecule has 148 valence electrons. The van der Waals surface area contributed by atoms with Crippen molar-refractivity contribution in [3.05, 3.63) is 34.9 Å². The van der Waals surface area contributed by atoms with Gasteiger partial charge in [-0.25, -0.2) is 14.4 Å². The zero-order valence-electron chi connectivity index (χ0n) is 15.6. The summed E-state index contributed by atoms with van der Waals surface area (Å²) in [6.45, 7) is 2.15. The number of rotatable bonds is 5. The van der Waals surface area contributed by atoms with E-state index in [9.17, 15) is 4.79 Å². The van der Waals surface area contributed by atoms with Crippen molar-refractivity contribution in [2.75, 3.05) is 11.9 Å². The second kappa shape index (κ2) is 8.11. The summed E-state index contributed by atoms with van der Waals surface area (Å²) in [4.78, 5) is 25.2. The van der Waals surface area contributed by atoms with Gasteiger partial charge in [-0.2, -0.15) is 0 Å². The number of hydrogen-bond donors (Lipinski definition) is 1. The molecule has 5 rings (SSSR count). The van der Waals surface area contributed by atoms with E-state index in [0.29, 0.717) is 18.2 Å². The quantitative estimate of drug-likeness (QED) is 0.544. The second-order valence-corrected chi connectivity index (χ2v) is 8.05. The molecule has 3 fully saturated rings. The number of hydrogen-bond acceptors (Lipinski definition) is 6. The fourth-order valence-corrected chi connectivity index (χ4v) is 4.94. The fraction of sp³-hybridized carbons (Fsp3) is 0.500. The molecule has 28 heavy (non-hydrogen) atoms. The average Bonchev–Trinajstić information content (AvgIpc) is 2.72. The van der Waals surface area contributed by atoms with Crippen molar-refractivity contribution in [1.29, 1.82) is 0 Å². The van der Waals surface area contributed by atoms with Crippen LogP contribution in [0.15, 0.2) is 29.1 Å². The monoisotopic (exact) mass is 448 g/mol. The number of ether oxygens (including phenoxy) is 1. The van der Waals surface area contributed by atoms with Crippen molar-refractivity contribution in [2.45, 2.75) is 38.6 Å². The lowest BCUT2D eigenvalue weighted by atomic mass is 9.61. The minimum atomic E-state index is -0.564. The first-order valence-corrected chi connectivity index (χ1v) is 10.5. The van der Waals surface area contributed by atoms with Crippen LogP contribution in [0.4, 0.5) is 10.2 Å². The van der Waals surface area contributed by atoms with Crippen molar-refractivity contribution in [3.8, 4) is 11.4 Å². The van der Waals surface area contributed by atoms with Crippen LogP contribution >= 0.6 is 15.9 Å². The van der Waals surface area contributed by atoms with Crippen LogP contribution in [0.5, 0.6) is 0 Å². The number of carbonyl (C=O) groups excluding carboxylic acids is 1. The summed E-state index contributed by atoms with van der Waals surface area (Å²) in [5.74, 6) is -0.386. The molecule has 0 unspecified atom stereocenters. The molecule has 8 heteroatoms. The summed E-state index contributed by atoms with van der Waals surface area (Å²) in [5.41, 5.74) is 0.553. The number of nitrogens with one attached hydrogen (secondary N) is 1. The van der Waals surface area contributed by atoms with Crippen LogP contribution in [0.3, 0.4) is 0 Å². The molecule has 1 N–H and O–H groups in total. The Kier molecular flexibility index (Phi) is 5.57. The Hall–Kier alpha value is -2.09. The van der Waals surface area contributed by atoms with Crippen LogP contribution in [-0.2, 0) is 9.53 Å². The SMILES string of the molecule is CCOC(=O)[C@H]1C2CCC(CC2)[C@@H]1Nc1nc(Br)nc(-c2ccccn2)c1F. The standard InChI is InChI=1S/C20H22BrFN4O2/c1-2-28-19(27)14-11-6-8-12(9-7-11)16(14)24-18-15(22)17(25-20(21)26-18)13-5-3-4-10-23-13/h3-5,10-12,14,16H,2,6-9H2,1H3,(H,24,25,26)/t11?,12?,14-,16-/m0/s1. The zero-order chi connectivity index (χ0) is 19.7. The van der Waals surface area contributed by atoms with Crippen LogP contribution in [0.1, 0.15) is 32.6 Å². The first-order valence-electron chi connectivity index (χ1n) is 9.66. The second-order valence-electron chi connectivity index (χ2n) is 7.34. The van der Waals surface area contributed by atoms with Gasteiger partial charge in [0, 0.05) is 12.2 Å². The topological polar surface area (TPSA) is 77.0 Å². The van der Waals surface area contributed by atoms with Crippen molar-refractivity contribution < 1.29 is 13.9 Å². The third-order valence-corrected chi connectivity index (χ3v) is 6.17. The molecule has 2 aromatic rings. The largest absolute Gasteiger partial charge is 0.466 e. The number of anilines is 1. The molecule has 0 aliphatic heterocycles. The van der Waals surface area contributed by atoms with Gasteiger partial charge in [0.05, 0.1) is 18.2 Å². The number of halogens is 2.